The molecule has 0 aliphatic carbocycles. The van der Waals surface area contributed by atoms with E-state index >= 15 is 0 Å². The van der Waals surface area contributed by atoms with E-state index in [1.807, 2.05) is 13.1 Å². The van der Waals surface area contributed by atoms with Gasteiger partial charge in [-0.15, -0.1) is 0 Å². The van der Waals surface area contributed by atoms with E-state index in [0.29, 0.717) is 18.7 Å². The van der Waals surface area contributed by atoms with Gasteiger partial charge in [-0.1, -0.05) is 0 Å². The lowest BCUT2D eigenvalue weighted by molar-refractivity contribution is 0.338. The second-order valence-electron chi connectivity index (χ2n) is 4.62. The standard InChI is InChI=1S/C13H21N3O/c1-4-17-13-5-12(7-14-8-13)16-9-10(2)15-6-11(16)3/h5,7-8,10-11,15H,4,6,9H2,1-3H3. The number of nitrogens with zero attached hydrogens (tertiary/aromatic N) is 2. The molecule has 17 heavy (non-hydrogen) atoms. The number of anilines is 1. The molecule has 2 atom stereocenters. The van der Waals surface area contributed by atoms with Gasteiger partial charge in [-0.05, 0) is 20.8 Å². The molecule has 4 heteroatoms. The van der Waals surface area contributed by atoms with Crippen molar-refractivity contribution in [2.45, 2.75) is 32.9 Å². The molecule has 0 aromatic carbocycles. The summed E-state index contributed by atoms with van der Waals surface area (Å²) in [5.74, 6) is 0.850. The van der Waals surface area contributed by atoms with Crippen molar-refractivity contribution in [3.63, 3.8) is 0 Å². The molecule has 1 aromatic rings. The second-order valence-corrected chi connectivity index (χ2v) is 4.62. The van der Waals surface area contributed by atoms with Crippen LogP contribution in [0.25, 0.3) is 0 Å². The largest absolute Gasteiger partial charge is 0.492 e. The van der Waals surface area contributed by atoms with Crippen LogP contribution in [0.15, 0.2) is 18.5 Å². The summed E-state index contributed by atoms with van der Waals surface area (Å²) < 4.78 is 5.49. The van der Waals surface area contributed by atoms with E-state index in [2.05, 4.69) is 35.1 Å². The van der Waals surface area contributed by atoms with Crippen molar-refractivity contribution in [2.24, 2.45) is 0 Å². The van der Waals surface area contributed by atoms with E-state index in [1.165, 1.54) is 0 Å². The average molecular weight is 235 g/mol. The van der Waals surface area contributed by atoms with E-state index < -0.39 is 0 Å². The molecule has 0 spiro atoms. The zero-order chi connectivity index (χ0) is 12.3. The van der Waals surface area contributed by atoms with Gasteiger partial charge >= 0.3 is 0 Å². The van der Waals surface area contributed by atoms with Gasteiger partial charge in [0.2, 0.25) is 0 Å². The minimum Gasteiger partial charge on any atom is -0.492 e. The lowest BCUT2D eigenvalue weighted by atomic mass is 10.1. The molecule has 2 heterocycles. The molecule has 0 saturated carbocycles. The molecule has 1 saturated heterocycles. The summed E-state index contributed by atoms with van der Waals surface area (Å²) in [4.78, 5) is 6.64. The summed E-state index contributed by atoms with van der Waals surface area (Å²) in [7, 11) is 0. The van der Waals surface area contributed by atoms with Crippen LogP contribution in [0.1, 0.15) is 20.8 Å². The topological polar surface area (TPSA) is 37.4 Å². The van der Waals surface area contributed by atoms with Crippen molar-refractivity contribution in [1.82, 2.24) is 10.3 Å². The molecule has 1 aliphatic heterocycles. The monoisotopic (exact) mass is 235 g/mol. The highest BCUT2D eigenvalue weighted by Crippen LogP contribution is 2.23. The highest BCUT2D eigenvalue weighted by molar-refractivity contribution is 5.49. The number of aromatic nitrogens is 1. The Kier molecular flexibility index (Phi) is 3.84. The minimum atomic E-state index is 0.491. The molecule has 1 N–H and O–H groups in total. The van der Waals surface area contributed by atoms with Crippen LogP contribution < -0.4 is 15.0 Å². The molecule has 4 nitrogen and oxygen atoms in total. The van der Waals surface area contributed by atoms with E-state index in [0.717, 1.165) is 24.5 Å². The normalized spacial score (nSPS) is 24.8. The van der Waals surface area contributed by atoms with E-state index in [-0.39, 0.29) is 0 Å². The highest BCUT2D eigenvalue weighted by atomic mass is 16.5. The van der Waals surface area contributed by atoms with Gasteiger partial charge in [0.25, 0.3) is 0 Å². The predicted molar refractivity (Wildman–Crippen MR) is 69.7 cm³/mol. The maximum absolute atomic E-state index is 5.49. The van der Waals surface area contributed by atoms with Crippen molar-refractivity contribution >= 4 is 5.69 Å². The Morgan fingerprint density at radius 2 is 2.29 bits per heavy atom. The zero-order valence-corrected chi connectivity index (χ0v) is 10.8. The average Bonchev–Trinajstić information content (AvgIpc) is 2.33. The van der Waals surface area contributed by atoms with Crippen molar-refractivity contribution in [2.75, 3.05) is 24.6 Å². The first kappa shape index (κ1) is 12.2. The zero-order valence-electron chi connectivity index (χ0n) is 10.8. The molecule has 0 radical (unpaired) electrons. The van der Waals surface area contributed by atoms with Gasteiger partial charge in [0.15, 0.2) is 0 Å². The van der Waals surface area contributed by atoms with Crippen molar-refractivity contribution in [3.8, 4) is 5.75 Å². The predicted octanol–water partition coefficient (Wildman–Crippen LogP) is 1.67. The number of hydrogen-bond acceptors (Lipinski definition) is 4. The second kappa shape index (κ2) is 5.36. The molecule has 0 amide bonds. The van der Waals surface area contributed by atoms with Crippen LogP contribution in [0.4, 0.5) is 5.69 Å². The number of rotatable bonds is 3. The Morgan fingerprint density at radius 3 is 3.06 bits per heavy atom. The number of piperazine rings is 1. The molecule has 0 bridgehead atoms. The van der Waals surface area contributed by atoms with Gasteiger partial charge in [0.05, 0.1) is 24.7 Å². The van der Waals surface area contributed by atoms with Crippen LogP contribution in [-0.4, -0.2) is 36.8 Å². The molecule has 1 aromatic heterocycles. The molecule has 1 aliphatic rings. The number of ether oxygens (including phenoxy) is 1. The van der Waals surface area contributed by atoms with Gasteiger partial charge in [-0.25, -0.2) is 0 Å². The first-order valence-corrected chi connectivity index (χ1v) is 6.28. The first-order chi connectivity index (χ1) is 8.20. The van der Waals surface area contributed by atoms with E-state index in [4.69, 9.17) is 4.74 Å². The lowest BCUT2D eigenvalue weighted by Crippen LogP contribution is -2.54. The summed E-state index contributed by atoms with van der Waals surface area (Å²) in [6.45, 7) is 9.13. The first-order valence-electron chi connectivity index (χ1n) is 6.28. The Balaban J connectivity index is 2.16. The van der Waals surface area contributed by atoms with Crippen LogP contribution >= 0.6 is 0 Å². The summed E-state index contributed by atoms with van der Waals surface area (Å²) in [6, 6.07) is 3.08. The third-order valence-electron chi connectivity index (χ3n) is 3.11. The third kappa shape index (κ3) is 2.88. The van der Waals surface area contributed by atoms with E-state index in [1.54, 1.807) is 6.20 Å². The fraction of sp³-hybridized carbons (Fsp3) is 0.615. The van der Waals surface area contributed by atoms with Crippen molar-refractivity contribution in [3.05, 3.63) is 18.5 Å². The third-order valence-corrected chi connectivity index (χ3v) is 3.11. The molecule has 94 valence electrons. The number of pyridine rings is 1. The molecule has 1 fully saturated rings. The molecular weight excluding hydrogens is 214 g/mol. The molecular formula is C13H21N3O. The fourth-order valence-corrected chi connectivity index (χ4v) is 2.19. The highest BCUT2D eigenvalue weighted by Gasteiger charge is 2.22. The van der Waals surface area contributed by atoms with Gasteiger partial charge in [-0.3, -0.25) is 4.98 Å². The quantitative estimate of drug-likeness (QED) is 0.864. The van der Waals surface area contributed by atoms with Gasteiger partial charge in [-0.2, -0.15) is 0 Å². The Labute approximate surface area is 103 Å². The van der Waals surface area contributed by atoms with Gasteiger partial charge in [0.1, 0.15) is 5.75 Å². The van der Waals surface area contributed by atoms with Crippen molar-refractivity contribution < 1.29 is 4.74 Å². The minimum absolute atomic E-state index is 0.491. The van der Waals surface area contributed by atoms with Gasteiger partial charge in [0, 0.05) is 31.2 Å². The SMILES string of the molecule is CCOc1cncc(N2CC(C)NCC2C)c1. The lowest BCUT2D eigenvalue weighted by Gasteiger charge is -2.39. The summed E-state index contributed by atoms with van der Waals surface area (Å²) in [5, 5.41) is 3.48. The van der Waals surface area contributed by atoms with E-state index in [9.17, 15) is 0 Å². The van der Waals surface area contributed by atoms with Crippen molar-refractivity contribution in [1.29, 1.82) is 0 Å². The maximum Gasteiger partial charge on any atom is 0.139 e. The number of nitrogens with one attached hydrogen (secondary N) is 1. The van der Waals surface area contributed by atoms with Crippen LogP contribution in [0.2, 0.25) is 0 Å². The summed E-state index contributed by atoms with van der Waals surface area (Å²) in [6.07, 6.45) is 3.68. The Hall–Kier alpha value is -1.29. The Bertz CT molecular complexity index is 369. The van der Waals surface area contributed by atoms with Crippen LogP contribution in [0.3, 0.4) is 0 Å². The van der Waals surface area contributed by atoms with Gasteiger partial charge < -0.3 is 15.0 Å². The smallest absolute Gasteiger partial charge is 0.139 e. The van der Waals surface area contributed by atoms with Crippen LogP contribution in [-0.2, 0) is 0 Å². The van der Waals surface area contributed by atoms with Crippen LogP contribution in [0.5, 0.6) is 5.75 Å². The summed E-state index contributed by atoms with van der Waals surface area (Å²) in [5.41, 5.74) is 1.15. The summed E-state index contributed by atoms with van der Waals surface area (Å²) >= 11 is 0. The maximum atomic E-state index is 5.49. The molecule has 2 unspecified atom stereocenters. The fourth-order valence-electron chi connectivity index (χ4n) is 2.19. The molecule has 2 rings (SSSR count). The number of hydrogen-bond donors (Lipinski definition) is 1. The Morgan fingerprint density at radius 1 is 1.47 bits per heavy atom. The van der Waals surface area contributed by atoms with Crippen LogP contribution in [0, 0.1) is 0 Å².